The number of piperazine rings is 1. The summed E-state index contributed by atoms with van der Waals surface area (Å²) in [6, 6.07) is 9.13. The molecule has 2 amide bonds. The Morgan fingerprint density at radius 2 is 1.86 bits per heavy atom. The molecule has 2 aliphatic heterocycles. The van der Waals surface area contributed by atoms with Gasteiger partial charge >= 0.3 is 0 Å². The summed E-state index contributed by atoms with van der Waals surface area (Å²) in [4.78, 5) is 26.4. The van der Waals surface area contributed by atoms with Crippen LogP contribution in [0.5, 0.6) is 0 Å². The van der Waals surface area contributed by atoms with E-state index in [0.29, 0.717) is 12.5 Å². The lowest BCUT2D eigenvalue weighted by atomic mass is 9.97. The lowest BCUT2D eigenvalue weighted by molar-refractivity contribution is -0.146. The van der Waals surface area contributed by atoms with Gasteiger partial charge in [0.15, 0.2) is 0 Å². The average molecular weight is 304 g/mol. The van der Waals surface area contributed by atoms with E-state index in [1.807, 2.05) is 42.1 Å². The molecule has 1 aromatic rings. The molecule has 2 saturated heterocycles. The molecule has 2 aliphatic rings. The quantitative estimate of drug-likeness (QED) is 0.927. The van der Waals surface area contributed by atoms with Crippen molar-refractivity contribution in [1.82, 2.24) is 10.2 Å². The van der Waals surface area contributed by atoms with Crippen LogP contribution in [0.3, 0.4) is 0 Å². The van der Waals surface area contributed by atoms with E-state index in [1.54, 1.807) is 4.90 Å². The molecule has 0 radical (unpaired) electrons. The van der Waals surface area contributed by atoms with Gasteiger partial charge in [-0.25, -0.2) is 0 Å². The number of hydrogen-bond acceptors (Lipinski definition) is 3. The fourth-order valence-corrected chi connectivity index (χ4v) is 4.23. The van der Waals surface area contributed by atoms with E-state index in [-0.39, 0.29) is 18.4 Å². The van der Waals surface area contributed by atoms with Crippen LogP contribution in [0.4, 0.5) is 0 Å². The third kappa shape index (κ3) is 3.23. The smallest absolute Gasteiger partial charge is 0.247 e. The van der Waals surface area contributed by atoms with Crippen LogP contribution in [0.25, 0.3) is 0 Å². The molecule has 0 saturated carbocycles. The van der Waals surface area contributed by atoms with Crippen LogP contribution in [0.2, 0.25) is 0 Å². The Hall–Kier alpha value is -1.49. The number of nitrogens with one attached hydrogen (secondary N) is 1. The summed E-state index contributed by atoms with van der Waals surface area (Å²) in [5, 5.41) is 2.71. The summed E-state index contributed by atoms with van der Waals surface area (Å²) in [7, 11) is 0. The van der Waals surface area contributed by atoms with Gasteiger partial charge in [-0.2, -0.15) is 11.8 Å². The highest BCUT2D eigenvalue weighted by atomic mass is 32.2. The SMILES string of the molecule is O=C1NCC(=O)N(CC2CCSCC2)C1c1ccccc1. The minimum Gasteiger partial charge on any atom is -0.345 e. The number of carbonyl (C=O) groups is 2. The Kier molecular flexibility index (Phi) is 4.48. The van der Waals surface area contributed by atoms with Crippen molar-refractivity contribution in [2.45, 2.75) is 18.9 Å². The Bertz CT molecular complexity index is 514. The molecule has 0 aliphatic carbocycles. The van der Waals surface area contributed by atoms with E-state index < -0.39 is 6.04 Å². The highest BCUT2D eigenvalue weighted by molar-refractivity contribution is 7.99. The molecule has 1 N–H and O–H groups in total. The van der Waals surface area contributed by atoms with Crippen LogP contribution in [-0.4, -0.2) is 41.3 Å². The Morgan fingerprint density at radius 1 is 1.14 bits per heavy atom. The molecule has 2 fully saturated rings. The highest BCUT2D eigenvalue weighted by Crippen LogP contribution is 2.29. The molecule has 0 spiro atoms. The van der Waals surface area contributed by atoms with Crippen molar-refractivity contribution in [2.75, 3.05) is 24.6 Å². The molecular formula is C16H20N2O2S. The number of carbonyl (C=O) groups excluding carboxylic acids is 2. The molecule has 1 unspecified atom stereocenters. The van der Waals surface area contributed by atoms with E-state index in [0.717, 1.165) is 29.9 Å². The molecule has 4 nitrogen and oxygen atoms in total. The van der Waals surface area contributed by atoms with Crippen molar-refractivity contribution in [1.29, 1.82) is 0 Å². The number of thioether (sulfide) groups is 1. The van der Waals surface area contributed by atoms with E-state index in [9.17, 15) is 9.59 Å². The van der Waals surface area contributed by atoms with Gasteiger partial charge in [0.2, 0.25) is 11.8 Å². The van der Waals surface area contributed by atoms with Gasteiger partial charge < -0.3 is 10.2 Å². The highest BCUT2D eigenvalue weighted by Gasteiger charge is 2.36. The molecule has 2 heterocycles. The van der Waals surface area contributed by atoms with Crippen molar-refractivity contribution in [3.63, 3.8) is 0 Å². The first-order chi connectivity index (χ1) is 10.3. The Labute approximate surface area is 129 Å². The van der Waals surface area contributed by atoms with Crippen molar-refractivity contribution >= 4 is 23.6 Å². The normalized spacial score (nSPS) is 24.0. The molecule has 3 rings (SSSR count). The van der Waals surface area contributed by atoms with E-state index in [4.69, 9.17) is 0 Å². The lowest BCUT2D eigenvalue weighted by Crippen LogP contribution is -2.54. The van der Waals surface area contributed by atoms with Gasteiger partial charge in [-0.15, -0.1) is 0 Å². The molecule has 0 aromatic heterocycles. The summed E-state index contributed by atoms with van der Waals surface area (Å²) in [5.74, 6) is 2.81. The molecule has 112 valence electrons. The molecule has 21 heavy (non-hydrogen) atoms. The number of benzene rings is 1. The standard InChI is InChI=1S/C16H20N2O2S/c19-14-10-17-16(20)15(13-4-2-1-3-5-13)18(14)11-12-6-8-21-9-7-12/h1-5,12,15H,6-11H2,(H,17,20). The van der Waals surface area contributed by atoms with E-state index >= 15 is 0 Å². The second kappa shape index (κ2) is 6.52. The monoisotopic (exact) mass is 304 g/mol. The second-order valence-corrected chi connectivity index (χ2v) is 6.86. The largest absolute Gasteiger partial charge is 0.345 e. The molecular weight excluding hydrogens is 284 g/mol. The number of hydrogen-bond donors (Lipinski definition) is 1. The van der Waals surface area contributed by atoms with Crippen LogP contribution in [0.1, 0.15) is 24.4 Å². The number of rotatable bonds is 3. The zero-order valence-corrected chi connectivity index (χ0v) is 12.8. The first-order valence-corrected chi connectivity index (χ1v) is 8.61. The van der Waals surface area contributed by atoms with Crippen LogP contribution < -0.4 is 5.32 Å². The van der Waals surface area contributed by atoms with Crippen LogP contribution in [0.15, 0.2) is 30.3 Å². The minimum absolute atomic E-state index is 0.0293. The summed E-state index contributed by atoms with van der Waals surface area (Å²) >= 11 is 1.98. The summed E-state index contributed by atoms with van der Waals surface area (Å²) < 4.78 is 0. The van der Waals surface area contributed by atoms with Crippen molar-refractivity contribution < 1.29 is 9.59 Å². The zero-order valence-electron chi connectivity index (χ0n) is 12.0. The number of nitrogens with zero attached hydrogens (tertiary/aromatic N) is 1. The van der Waals surface area contributed by atoms with Crippen molar-refractivity contribution in [2.24, 2.45) is 5.92 Å². The number of amides is 2. The first-order valence-electron chi connectivity index (χ1n) is 7.45. The predicted octanol–water partition coefficient (Wildman–Crippen LogP) is 1.83. The topological polar surface area (TPSA) is 49.4 Å². The fraction of sp³-hybridized carbons (Fsp3) is 0.500. The van der Waals surface area contributed by atoms with Gasteiger partial charge in [-0.05, 0) is 35.8 Å². The maximum atomic E-state index is 12.3. The maximum absolute atomic E-state index is 12.3. The van der Waals surface area contributed by atoms with Gasteiger partial charge in [0.1, 0.15) is 6.04 Å². The van der Waals surface area contributed by atoms with E-state index in [2.05, 4.69) is 5.32 Å². The molecule has 1 aromatic carbocycles. The predicted molar refractivity (Wildman–Crippen MR) is 84.0 cm³/mol. The van der Waals surface area contributed by atoms with Gasteiger partial charge in [0.25, 0.3) is 0 Å². The van der Waals surface area contributed by atoms with Crippen molar-refractivity contribution in [3.05, 3.63) is 35.9 Å². The zero-order chi connectivity index (χ0) is 14.7. The Balaban J connectivity index is 1.82. The maximum Gasteiger partial charge on any atom is 0.247 e. The first kappa shape index (κ1) is 14.4. The van der Waals surface area contributed by atoms with Crippen LogP contribution in [-0.2, 0) is 9.59 Å². The van der Waals surface area contributed by atoms with Gasteiger partial charge in [-0.1, -0.05) is 30.3 Å². The minimum atomic E-state index is -0.470. The third-order valence-electron chi connectivity index (χ3n) is 4.21. The summed E-state index contributed by atoms with van der Waals surface area (Å²) in [5.41, 5.74) is 0.897. The lowest BCUT2D eigenvalue weighted by Gasteiger charge is -2.38. The fourth-order valence-electron chi connectivity index (χ4n) is 3.03. The van der Waals surface area contributed by atoms with Crippen molar-refractivity contribution in [3.8, 4) is 0 Å². The van der Waals surface area contributed by atoms with Gasteiger partial charge in [-0.3, -0.25) is 9.59 Å². The van der Waals surface area contributed by atoms with Crippen LogP contribution in [0, 0.1) is 5.92 Å². The average Bonchev–Trinajstić information content (AvgIpc) is 2.53. The summed E-state index contributed by atoms with van der Waals surface area (Å²) in [6.45, 7) is 0.829. The molecule has 1 atom stereocenters. The van der Waals surface area contributed by atoms with Gasteiger partial charge in [0, 0.05) is 6.54 Å². The Morgan fingerprint density at radius 3 is 2.57 bits per heavy atom. The third-order valence-corrected chi connectivity index (χ3v) is 5.25. The second-order valence-electron chi connectivity index (χ2n) is 5.63. The van der Waals surface area contributed by atoms with E-state index in [1.165, 1.54) is 0 Å². The van der Waals surface area contributed by atoms with Crippen LogP contribution >= 0.6 is 11.8 Å². The molecule has 0 bridgehead atoms. The molecule has 5 heteroatoms. The van der Waals surface area contributed by atoms with Gasteiger partial charge in [0.05, 0.1) is 6.54 Å². The summed E-state index contributed by atoms with van der Waals surface area (Å²) in [6.07, 6.45) is 2.27.